The van der Waals surface area contributed by atoms with Crippen LogP contribution in [0.3, 0.4) is 0 Å². The Labute approximate surface area is 348 Å². The van der Waals surface area contributed by atoms with Crippen molar-refractivity contribution in [3.63, 3.8) is 0 Å². The van der Waals surface area contributed by atoms with E-state index in [0.717, 1.165) is 29.9 Å². The molecule has 3 aliphatic heterocycles. The highest BCUT2D eigenvalue weighted by molar-refractivity contribution is 5.75. The first-order valence-corrected chi connectivity index (χ1v) is 21.6. The summed E-state index contributed by atoms with van der Waals surface area (Å²) in [5, 5.41) is 4.15. The molecule has 3 heterocycles. The maximum atomic E-state index is 4.15. The molecule has 3 aromatic carbocycles. The van der Waals surface area contributed by atoms with Gasteiger partial charge in [0.25, 0.3) is 0 Å². The second-order valence-electron chi connectivity index (χ2n) is 19.7. The number of likely N-dealkylation sites (N-methyl/N-ethyl adjacent to an activating group) is 2. The van der Waals surface area contributed by atoms with Crippen molar-refractivity contribution in [1.29, 1.82) is 0 Å². The fourth-order valence-corrected chi connectivity index (χ4v) is 10.6. The van der Waals surface area contributed by atoms with E-state index in [1.807, 2.05) is 0 Å². The monoisotopic (exact) mass is 761 g/mol. The quantitative estimate of drug-likeness (QED) is 0.262. The summed E-state index contributed by atoms with van der Waals surface area (Å²) in [5.41, 5.74) is 15.0. The minimum atomic E-state index is -0.186. The Morgan fingerprint density at radius 2 is 1.21 bits per heavy atom. The molecule has 3 aromatic rings. The van der Waals surface area contributed by atoms with Gasteiger partial charge in [-0.25, -0.2) is 0 Å². The molecule has 6 unspecified atom stereocenters. The van der Waals surface area contributed by atoms with Crippen LogP contribution in [0.2, 0.25) is 0 Å². The maximum absolute atomic E-state index is 4.15. The number of hydrogen-bond donors (Lipinski definition) is 1. The van der Waals surface area contributed by atoms with E-state index in [9.17, 15) is 0 Å². The summed E-state index contributed by atoms with van der Waals surface area (Å²) in [4.78, 5) is 5.08. The first-order chi connectivity index (χ1) is 27.7. The molecule has 0 aromatic heterocycles. The van der Waals surface area contributed by atoms with Gasteiger partial charge in [0.2, 0.25) is 0 Å². The number of anilines is 3. The van der Waals surface area contributed by atoms with Gasteiger partial charge in [-0.3, -0.25) is 0 Å². The van der Waals surface area contributed by atoms with Gasteiger partial charge in [0, 0.05) is 69.9 Å². The highest BCUT2D eigenvalue weighted by atomic mass is 15.2. The van der Waals surface area contributed by atoms with Gasteiger partial charge in [0.1, 0.15) is 0 Å². The fourth-order valence-electron chi connectivity index (χ4n) is 10.6. The summed E-state index contributed by atoms with van der Waals surface area (Å²) in [6, 6.07) is 23.1. The van der Waals surface area contributed by atoms with E-state index >= 15 is 0 Å². The second kappa shape index (κ2) is 13.9. The zero-order chi connectivity index (χ0) is 40.7. The molecule has 9 rings (SSSR count). The number of fused-ring (bicyclic) bond motifs is 8. The molecule has 0 spiro atoms. The molecule has 58 heavy (non-hydrogen) atoms. The predicted octanol–water partition coefficient (Wildman–Crippen LogP) is 11.9. The minimum Gasteiger partial charge on any atom is -0.376 e. The van der Waals surface area contributed by atoms with Crippen LogP contribution >= 0.6 is 0 Å². The van der Waals surface area contributed by atoms with Gasteiger partial charge in [-0.1, -0.05) is 152 Å². The third-order valence-corrected chi connectivity index (χ3v) is 13.8. The Kier molecular flexibility index (Phi) is 9.13. The van der Waals surface area contributed by atoms with Crippen LogP contribution in [-0.4, -0.2) is 31.2 Å². The average Bonchev–Trinajstić information content (AvgIpc) is 3.71. The Balaban J connectivity index is 1.14. The number of hydrogen-bond acceptors (Lipinski definition) is 3. The fraction of sp³-hybridized carbons (Fsp3) is 0.382. The molecule has 6 aliphatic rings. The van der Waals surface area contributed by atoms with Crippen molar-refractivity contribution >= 4 is 17.1 Å². The van der Waals surface area contributed by atoms with Gasteiger partial charge in [-0.2, -0.15) is 0 Å². The molecule has 0 amide bonds. The van der Waals surface area contributed by atoms with Crippen LogP contribution in [0.5, 0.6) is 0 Å². The van der Waals surface area contributed by atoms with Crippen molar-refractivity contribution in [2.75, 3.05) is 28.2 Å². The molecule has 3 aliphatic carbocycles. The molecule has 0 bridgehead atoms. The molecule has 294 valence electrons. The first-order valence-electron chi connectivity index (χ1n) is 21.6. The number of para-hydroxylation sites is 2. The van der Waals surface area contributed by atoms with Gasteiger partial charge in [0.15, 0.2) is 0 Å². The van der Waals surface area contributed by atoms with Crippen molar-refractivity contribution < 1.29 is 0 Å². The van der Waals surface area contributed by atoms with Crippen molar-refractivity contribution in [1.82, 2.24) is 0 Å². The van der Waals surface area contributed by atoms with E-state index in [0.29, 0.717) is 11.8 Å². The zero-order valence-corrected chi connectivity index (χ0v) is 36.2. The standard InChI is InChI=1S/C55H59N3/c1-11-57-47-25-15-13-21-41(47)43-23-17-19-35(51(43)57)27-29-37-31-39(53(3,4)5)33-45-49(37)56-50-38(32-40(54(6,7)8)34-46(50)55(45,9)10)30-28-36-20-18-24-44-42-22-14-16-26-48(42)58(12-2)52(36)44/h13-26,31-34,43-45,49,51-52,56H,11-12H2,1-10H3. The van der Waals surface area contributed by atoms with Crippen molar-refractivity contribution in [3.05, 3.63) is 159 Å². The smallest absolute Gasteiger partial charge is 0.0724 e. The lowest BCUT2D eigenvalue weighted by Gasteiger charge is -2.48. The molecule has 3 heteroatoms. The topological polar surface area (TPSA) is 18.5 Å². The van der Waals surface area contributed by atoms with Crippen LogP contribution < -0.4 is 15.1 Å². The molecule has 6 atom stereocenters. The third kappa shape index (κ3) is 6.13. The van der Waals surface area contributed by atoms with E-state index in [-0.39, 0.29) is 40.3 Å². The normalized spacial score (nSPS) is 25.8. The van der Waals surface area contributed by atoms with Crippen molar-refractivity contribution in [2.45, 2.75) is 110 Å². The molecular weight excluding hydrogens is 703 g/mol. The largest absolute Gasteiger partial charge is 0.376 e. The average molecular weight is 762 g/mol. The van der Waals surface area contributed by atoms with Crippen LogP contribution in [0.25, 0.3) is 0 Å². The van der Waals surface area contributed by atoms with Crippen molar-refractivity contribution in [2.24, 2.45) is 11.3 Å². The Bertz CT molecular complexity index is 2510. The van der Waals surface area contributed by atoms with Crippen LogP contribution in [0.4, 0.5) is 17.1 Å². The van der Waals surface area contributed by atoms with E-state index < -0.39 is 0 Å². The predicted molar refractivity (Wildman–Crippen MR) is 246 cm³/mol. The number of nitrogens with zero attached hydrogens (tertiary/aromatic N) is 2. The van der Waals surface area contributed by atoms with Gasteiger partial charge >= 0.3 is 0 Å². The second-order valence-corrected chi connectivity index (χ2v) is 19.7. The van der Waals surface area contributed by atoms with Gasteiger partial charge in [0.05, 0.1) is 23.8 Å². The minimum absolute atomic E-state index is 0.0156. The molecule has 0 radical (unpaired) electrons. The molecular formula is C55H59N3. The SMILES string of the molecule is CCN1c2ccccc2C2C=CC=C(C#CC3=CC(C(C)(C)C)=CC4C3Nc3c(C#CC5=CC=CC6c7ccccc7N(CC)C56)cc(C(C)(C)C)cc3C4(C)C)C21. The number of rotatable bonds is 2. The van der Waals surface area contributed by atoms with Gasteiger partial charge in [-0.15, -0.1) is 0 Å². The Hall–Kier alpha value is -5.38. The lowest BCUT2D eigenvalue weighted by atomic mass is 9.61. The number of nitrogens with one attached hydrogen (secondary N) is 1. The molecule has 0 saturated carbocycles. The molecule has 1 N–H and O–H groups in total. The maximum Gasteiger partial charge on any atom is 0.0724 e. The summed E-state index contributed by atoms with van der Waals surface area (Å²) in [6.45, 7) is 25.3. The Morgan fingerprint density at radius 3 is 1.74 bits per heavy atom. The highest BCUT2D eigenvalue weighted by Crippen LogP contribution is 2.52. The van der Waals surface area contributed by atoms with Gasteiger partial charge < -0.3 is 15.1 Å². The van der Waals surface area contributed by atoms with E-state index in [1.165, 1.54) is 50.3 Å². The van der Waals surface area contributed by atoms with Crippen LogP contribution in [0, 0.1) is 35.0 Å². The summed E-state index contributed by atoms with van der Waals surface area (Å²) in [5.74, 6) is 16.1. The molecule has 0 fully saturated rings. The summed E-state index contributed by atoms with van der Waals surface area (Å²) in [6.07, 6.45) is 18.6. The lowest BCUT2D eigenvalue weighted by Crippen LogP contribution is -2.48. The van der Waals surface area contributed by atoms with E-state index in [1.54, 1.807) is 0 Å². The van der Waals surface area contributed by atoms with Gasteiger partial charge in [-0.05, 0) is 88.9 Å². The van der Waals surface area contributed by atoms with Crippen LogP contribution in [0.15, 0.2) is 132 Å². The highest BCUT2D eigenvalue weighted by Gasteiger charge is 2.47. The third-order valence-electron chi connectivity index (χ3n) is 13.8. The van der Waals surface area contributed by atoms with Crippen LogP contribution in [-0.2, 0) is 10.8 Å². The first kappa shape index (κ1) is 38.2. The number of benzene rings is 3. The lowest BCUT2D eigenvalue weighted by molar-refractivity contribution is 0.336. The summed E-state index contributed by atoms with van der Waals surface area (Å²) >= 11 is 0. The Morgan fingerprint density at radius 1 is 0.672 bits per heavy atom. The molecule has 3 nitrogen and oxygen atoms in total. The number of allylic oxidation sites excluding steroid dienone is 6. The van der Waals surface area contributed by atoms with Crippen LogP contribution in [0.1, 0.15) is 109 Å². The summed E-state index contributed by atoms with van der Waals surface area (Å²) in [7, 11) is 0. The van der Waals surface area contributed by atoms with E-state index in [2.05, 4.69) is 217 Å². The zero-order valence-electron chi connectivity index (χ0n) is 36.2. The summed E-state index contributed by atoms with van der Waals surface area (Å²) < 4.78 is 0. The molecule has 0 saturated heterocycles. The van der Waals surface area contributed by atoms with Crippen molar-refractivity contribution in [3.8, 4) is 23.7 Å². The van der Waals surface area contributed by atoms with E-state index in [4.69, 9.17) is 0 Å².